The molecule has 1 aliphatic rings. The van der Waals surface area contributed by atoms with Gasteiger partial charge >= 0.3 is 0 Å². The van der Waals surface area contributed by atoms with Gasteiger partial charge in [0.05, 0.1) is 5.69 Å². The van der Waals surface area contributed by atoms with Crippen molar-refractivity contribution in [3.63, 3.8) is 0 Å². The Labute approximate surface area is 64.1 Å². The van der Waals surface area contributed by atoms with Crippen molar-refractivity contribution in [2.75, 3.05) is 16.7 Å². The Hall–Kier alpha value is -1.33. The van der Waals surface area contributed by atoms with Crippen molar-refractivity contribution in [1.82, 2.24) is 4.98 Å². The van der Waals surface area contributed by atoms with E-state index in [2.05, 4.69) is 4.98 Å². The summed E-state index contributed by atoms with van der Waals surface area (Å²) in [5.74, 6) is 11.9. The minimum atomic E-state index is 0.492. The molecule has 1 aliphatic heterocycles. The fourth-order valence-electron chi connectivity index (χ4n) is 1.14. The molecule has 1 aromatic rings. The van der Waals surface area contributed by atoms with E-state index in [1.165, 1.54) is 5.01 Å². The maximum atomic E-state index is 5.61. The van der Waals surface area contributed by atoms with E-state index < -0.39 is 0 Å². The van der Waals surface area contributed by atoms with Crippen LogP contribution in [-0.4, -0.2) is 11.7 Å². The normalized spacial score (nSPS) is 15.5. The van der Waals surface area contributed by atoms with E-state index in [4.69, 9.17) is 11.7 Å². The zero-order valence-corrected chi connectivity index (χ0v) is 5.94. The monoisotopic (exact) mass is 151 g/mol. The molecule has 1 aromatic heterocycles. The average molecular weight is 151 g/mol. The molecule has 2 rings (SSSR count). The fraction of sp³-hybridized carbons (Fsp3) is 0.167. The molecule has 58 valence electrons. The Morgan fingerprint density at radius 2 is 2.18 bits per heavy atom. The van der Waals surface area contributed by atoms with Crippen LogP contribution in [0.2, 0.25) is 0 Å². The largest absolute Gasteiger partial charge is 0.286 e. The number of hydrogen-bond acceptors (Lipinski definition) is 5. The van der Waals surface area contributed by atoms with Gasteiger partial charge in [-0.2, -0.15) is 0 Å². The summed E-state index contributed by atoms with van der Waals surface area (Å²) >= 11 is 0. The second-order valence-electron chi connectivity index (χ2n) is 2.43. The molecular weight excluding hydrogens is 142 g/mol. The predicted octanol–water partition coefficient (Wildman–Crippen LogP) is -0.587. The van der Waals surface area contributed by atoms with Crippen LogP contribution in [-0.2, 0) is 0 Å². The quantitative estimate of drug-likeness (QED) is 0.485. The SMILES string of the molecule is NN1CN(N)c2ncccc21. The van der Waals surface area contributed by atoms with Gasteiger partial charge in [0.2, 0.25) is 0 Å². The average Bonchev–Trinajstić information content (AvgIpc) is 2.30. The summed E-state index contributed by atoms with van der Waals surface area (Å²) in [4.78, 5) is 4.07. The summed E-state index contributed by atoms with van der Waals surface area (Å²) < 4.78 is 0. The molecule has 0 bridgehead atoms. The van der Waals surface area contributed by atoms with Crippen LogP contribution in [0.25, 0.3) is 0 Å². The lowest BCUT2D eigenvalue weighted by Gasteiger charge is -2.10. The Morgan fingerprint density at radius 1 is 1.36 bits per heavy atom. The zero-order chi connectivity index (χ0) is 7.84. The Bertz CT molecular complexity index is 246. The first kappa shape index (κ1) is 6.38. The van der Waals surface area contributed by atoms with Crippen LogP contribution < -0.4 is 21.7 Å². The molecule has 2 heterocycles. The van der Waals surface area contributed by atoms with Crippen molar-refractivity contribution in [3.05, 3.63) is 18.3 Å². The van der Waals surface area contributed by atoms with Crippen molar-refractivity contribution in [2.24, 2.45) is 11.7 Å². The maximum Gasteiger partial charge on any atom is 0.169 e. The summed E-state index contributed by atoms with van der Waals surface area (Å²) in [6.45, 7) is 0.492. The molecular formula is C6H9N5. The van der Waals surface area contributed by atoms with Crippen LogP contribution in [0.15, 0.2) is 18.3 Å². The zero-order valence-electron chi connectivity index (χ0n) is 5.94. The topological polar surface area (TPSA) is 71.4 Å². The lowest BCUT2D eigenvalue weighted by atomic mass is 10.4. The van der Waals surface area contributed by atoms with Gasteiger partial charge in [-0.05, 0) is 12.1 Å². The van der Waals surface area contributed by atoms with Gasteiger partial charge in [0, 0.05) is 6.20 Å². The molecule has 0 radical (unpaired) electrons. The highest BCUT2D eigenvalue weighted by Gasteiger charge is 2.21. The van der Waals surface area contributed by atoms with Gasteiger partial charge in [-0.3, -0.25) is 10.0 Å². The minimum absolute atomic E-state index is 0.492. The number of nitrogens with two attached hydrogens (primary N) is 2. The number of nitrogens with zero attached hydrogens (tertiary/aromatic N) is 3. The molecule has 5 heteroatoms. The van der Waals surface area contributed by atoms with Gasteiger partial charge in [-0.15, -0.1) is 0 Å². The lowest BCUT2D eigenvalue weighted by molar-refractivity contribution is 0.818. The summed E-state index contributed by atoms with van der Waals surface area (Å²) in [5.41, 5.74) is 0.870. The number of fused-ring (bicyclic) bond motifs is 1. The van der Waals surface area contributed by atoms with Crippen LogP contribution in [0.4, 0.5) is 11.5 Å². The highest BCUT2D eigenvalue weighted by molar-refractivity contribution is 5.70. The van der Waals surface area contributed by atoms with Crippen LogP contribution in [0.3, 0.4) is 0 Å². The lowest BCUT2D eigenvalue weighted by Crippen LogP contribution is -2.39. The van der Waals surface area contributed by atoms with E-state index >= 15 is 0 Å². The molecule has 0 saturated carbocycles. The number of aromatic nitrogens is 1. The van der Waals surface area contributed by atoms with E-state index in [-0.39, 0.29) is 0 Å². The molecule has 0 spiro atoms. The number of hydrazine groups is 2. The van der Waals surface area contributed by atoms with E-state index in [0.717, 1.165) is 11.5 Å². The first-order valence-corrected chi connectivity index (χ1v) is 3.28. The number of hydrogen-bond donors (Lipinski definition) is 2. The predicted molar refractivity (Wildman–Crippen MR) is 42.4 cm³/mol. The fourth-order valence-corrected chi connectivity index (χ4v) is 1.14. The first-order valence-electron chi connectivity index (χ1n) is 3.28. The molecule has 0 fully saturated rings. The van der Waals surface area contributed by atoms with E-state index in [1.54, 1.807) is 11.2 Å². The van der Waals surface area contributed by atoms with Crippen LogP contribution in [0, 0.1) is 0 Å². The summed E-state index contributed by atoms with van der Waals surface area (Å²) in [5, 5.41) is 3.07. The molecule has 0 atom stereocenters. The molecule has 0 amide bonds. The molecule has 0 aliphatic carbocycles. The van der Waals surface area contributed by atoms with E-state index in [1.807, 2.05) is 12.1 Å². The molecule has 5 nitrogen and oxygen atoms in total. The third-order valence-corrected chi connectivity index (χ3v) is 1.65. The molecule has 0 unspecified atom stereocenters. The third kappa shape index (κ3) is 0.821. The molecule has 4 N–H and O–H groups in total. The van der Waals surface area contributed by atoms with Crippen molar-refractivity contribution in [3.8, 4) is 0 Å². The van der Waals surface area contributed by atoms with E-state index in [0.29, 0.717) is 6.67 Å². The van der Waals surface area contributed by atoms with Gasteiger partial charge in [0.15, 0.2) is 5.82 Å². The number of rotatable bonds is 0. The summed E-state index contributed by atoms with van der Waals surface area (Å²) in [7, 11) is 0. The standard InChI is InChI=1S/C6H9N5/c7-10-4-11(8)6-5(10)2-1-3-9-6/h1-3H,4,7-8H2. The van der Waals surface area contributed by atoms with Gasteiger partial charge < -0.3 is 0 Å². The van der Waals surface area contributed by atoms with Crippen LogP contribution in [0.1, 0.15) is 0 Å². The van der Waals surface area contributed by atoms with Crippen molar-refractivity contribution in [2.45, 2.75) is 0 Å². The highest BCUT2D eigenvalue weighted by atomic mass is 15.6. The highest BCUT2D eigenvalue weighted by Crippen LogP contribution is 2.28. The third-order valence-electron chi connectivity index (χ3n) is 1.65. The van der Waals surface area contributed by atoms with E-state index in [9.17, 15) is 0 Å². The second-order valence-corrected chi connectivity index (χ2v) is 2.43. The smallest absolute Gasteiger partial charge is 0.169 e. The van der Waals surface area contributed by atoms with Gasteiger partial charge in [0.1, 0.15) is 6.67 Å². The first-order chi connectivity index (χ1) is 5.29. The maximum absolute atomic E-state index is 5.61. The molecule has 0 aromatic carbocycles. The second kappa shape index (κ2) is 2.08. The Balaban J connectivity index is 2.52. The van der Waals surface area contributed by atoms with Gasteiger partial charge in [-0.25, -0.2) is 16.7 Å². The molecule has 0 saturated heterocycles. The van der Waals surface area contributed by atoms with Gasteiger partial charge in [-0.1, -0.05) is 0 Å². The summed E-state index contributed by atoms with van der Waals surface area (Å²) in [6.07, 6.45) is 1.69. The van der Waals surface area contributed by atoms with Crippen molar-refractivity contribution < 1.29 is 0 Å². The van der Waals surface area contributed by atoms with Crippen LogP contribution >= 0.6 is 0 Å². The number of anilines is 2. The Morgan fingerprint density at radius 3 is 2.91 bits per heavy atom. The number of pyridine rings is 1. The minimum Gasteiger partial charge on any atom is -0.286 e. The van der Waals surface area contributed by atoms with Crippen molar-refractivity contribution in [1.29, 1.82) is 0 Å². The summed E-state index contributed by atoms with van der Waals surface area (Å²) in [6, 6.07) is 3.72. The van der Waals surface area contributed by atoms with Crippen molar-refractivity contribution >= 4 is 11.5 Å². The Kier molecular flexibility index (Phi) is 1.21. The van der Waals surface area contributed by atoms with Crippen LogP contribution in [0.5, 0.6) is 0 Å². The molecule has 11 heavy (non-hydrogen) atoms. The van der Waals surface area contributed by atoms with Gasteiger partial charge in [0.25, 0.3) is 0 Å².